The number of ether oxygens (including phenoxy) is 2. The molecule has 7 heteroatoms. The fourth-order valence-electron chi connectivity index (χ4n) is 4.68. The molecule has 1 aliphatic heterocycles. The quantitative estimate of drug-likeness (QED) is 0.288. The number of carbonyl (C=O) groups is 2. The monoisotopic (exact) mass is 523 g/mol. The number of para-hydroxylation sites is 1. The van der Waals surface area contributed by atoms with Crippen molar-refractivity contribution in [2.24, 2.45) is 5.73 Å². The maximum atomic E-state index is 13.3. The Balaban J connectivity index is 1.41. The van der Waals surface area contributed by atoms with E-state index in [1.807, 2.05) is 49.9 Å². The Bertz CT molecular complexity index is 1070. The number of rotatable bonds is 13. The molecule has 3 N–H and O–H groups in total. The third-order valence-corrected chi connectivity index (χ3v) is 7.35. The Kier molecular flexibility index (Phi) is 10.9. The number of methoxy groups -OCH3 is 1. The zero-order chi connectivity index (χ0) is 27.6. The molecule has 0 fully saturated rings. The van der Waals surface area contributed by atoms with E-state index in [1.54, 1.807) is 7.11 Å². The summed E-state index contributed by atoms with van der Waals surface area (Å²) in [5.74, 6) is 0.114. The van der Waals surface area contributed by atoms with Crippen molar-refractivity contribution in [2.75, 3.05) is 25.2 Å². The van der Waals surface area contributed by atoms with Gasteiger partial charge in [-0.2, -0.15) is 0 Å². The third kappa shape index (κ3) is 9.22. The molecule has 1 atom stereocenters. The van der Waals surface area contributed by atoms with Gasteiger partial charge in [-0.05, 0) is 75.6 Å². The molecule has 7 nitrogen and oxygen atoms in total. The van der Waals surface area contributed by atoms with Crippen LogP contribution in [0.2, 0.25) is 0 Å². The van der Waals surface area contributed by atoms with E-state index in [1.165, 1.54) is 16.7 Å². The number of hydrogen-bond acceptors (Lipinski definition) is 5. The Morgan fingerprint density at radius 2 is 1.55 bits per heavy atom. The molecule has 0 aliphatic carbocycles. The summed E-state index contributed by atoms with van der Waals surface area (Å²) in [6.45, 7) is 7.45. The molecule has 208 valence electrons. The van der Waals surface area contributed by atoms with Crippen LogP contribution in [-0.4, -0.2) is 43.4 Å². The van der Waals surface area contributed by atoms with Gasteiger partial charge in [0.1, 0.15) is 5.72 Å². The van der Waals surface area contributed by atoms with Gasteiger partial charge in [-0.1, -0.05) is 42.5 Å². The average Bonchev–Trinajstić information content (AvgIpc) is 2.87. The van der Waals surface area contributed by atoms with Crippen LogP contribution in [0.3, 0.4) is 0 Å². The van der Waals surface area contributed by atoms with Crippen molar-refractivity contribution in [3.05, 3.63) is 65.2 Å². The highest BCUT2D eigenvalue weighted by Crippen LogP contribution is 2.29. The minimum absolute atomic E-state index is 0.00713. The SMILES string of the molecule is COC(C)(N)CCOC(C)(C)CCNC(=O)CCCCC(=O)N1Cc2ccccc2CCc2ccccc21. The molecule has 2 aromatic carbocycles. The zero-order valence-electron chi connectivity index (χ0n) is 23.6. The van der Waals surface area contributed by atoms with E-state index in [0.29, 0.717) is 58.2 Å². The highest BCUT2D eigenvalue weighted by molar-refractivity contribution is 5.94. The van der Waals surface area contributed by atoms with Gasteiger partial charge in [0.2, 0.25) is 11.8 Å². The molecule has 3 rings (SSSR count). The van der Waals surface area contributed by atoms with Crippen LogP contribution in [0.4, 0.5) is 5.69 Å². The van der Waals surface area contributed by atoms with Crippen LogP contribution < -0.4 is 16.0 Å². The van der Waals surface area contributed by atoms with Crippen LogP contribution >= 0.6 is 0 Å². The normalized spacial score (nSPS) is 15.0. The van der Waals surface area contributed by atoms with Crippen LogP contribution in [0.15, 0.2) is 48.5 Å². The number of aryl methyl sites for hydroxylation is 2. The van der Waals surface area contributed by atoms with Crippen molar-refractivity contribution in [3.63, 3.8) is 0 Å². The smallest absolute Gasteiger partial charge is 0.227 e. The first-order valence-corrected chi connectivity index (χ1v) is 13.8. The average molecular weight is 524 g/mol. The highest BCUT2D eigenvalue weighted by atomic mass is 16.5. The third-order valence-electron chi connectivity index (χ3n) is 7.35. The van der Waals surface area contributed by atoms with Crippen LogP contribution in [0, 0.1) is 0 Å². The first-order chi connectivity index (χ1) is 18.1. The molecular weight excluding hydrogens is 478 g/mol. The number of nitrogens with zero attached hydrogens (tertiary/aromatic N) is 1. The molecule has 2 amide bonds. The van der Waals surface area contributed by atoms with Gasteiger partial charge in [0, 0.05) is 38.6 Å². The summed E-state index contributed by atoms with van der Waals surface area (Å²) in [4.78, 5) is 27.6. The molecule has 0 saturated carbocycles. The predicted octanol–water partition coefficient (Wildman–Crippen LogP) is 4.89. The topological polar surface area (TPSA) is 93.9 Å². The summed E-state index contributed by atoms with van der Waals surface area (Å²) in [5, 5.41) is 2.98. The van der Waals surface area contributed by atoms with Gasteiger partial charge in [-0.15, -0.1) is 0 Å². The maximum absolute atomic E-state index is 13.3. The molecule has 1 heterocycles. The maximum Gasteiger partial charge on any atom is 0.227 e. The molecule has 0 saturated heterocycles. The summed E-state index contributed by atoms with van der Waals surface area (Å²) in [6, 6.07) is 16.6. The Morgan fingerprint density at radius 1 is 0.921 bits per heavy atom. The number of nitrogens with one attached hydrogen (secondary N) is 1. The second-order valence-corrected chi connectivity index (χ2v) is 11.1. The second-order valence-electron chi connectivity index (χ2n) is 11.1. The van der Waals surface area contributed by atoms with Crippen LogP contribution in [0.1, 0.15) is 76.0 Å². The van der Waals surface area contributed by atoms with Gasteiger partial charge < -0.3 is 25.4 Å². The summed E-state index contributed by atoms with van der Waals surface area (Å²) >= 11 is 0. The lowest BCUT2D eigenvalue weighted by Gasteiger charge is -2.29. The standard InChI is InChI=1S/C31H45N3O4/c1-30(2,38-22-20-31(3,32)37-4)19-21-33-28(35)15-9-10-16-29(36)34-23-26-13-6-5-11-24(26)17-18-25-12-7-8-14-27(25)34/h5-8,11-14H,9-10,15-23,32H2,1-4H3,(H,33,35). The highest BCUT2D eigenvalue weighted by Gasteiger charge is 2.23. The van der Waals surface area contributed by atoms with Gasteiger partial charge in [0.15, 0.2) is 0 Å². The van der Waals surface area contributed by atoms with Crippen molar-refractivity contribution in [1.82, 2.24) is 5.32 Å². The van der Waals surface area contributed by atoms with Gasteiger partial charge >= 0.3 is 0 Å². The van der Waals surface area contributed by atoms with Gasteiger partial charge in [-0.25, -0.2) is 0 Å². The van der Waals surface area contributed by atoms with Crippen LogP contribution in [0.25, 0.3) is 0 Å². The molecule has 1 aliphatic rings. The van der Waals surface area contributed by atoms with Crippen LogP contribution in [0.5, 0.6) is 0 Å². The first kappa shape index (κ1) is 29.8. The number of unbranched alkanes of at least 4 members (excludes halogenated alkanes) is 1. The van der Waals surface area contributed by atoms with Gasteiger partial charge in [-0.3, -0.25) is 9.59 Å². The van der Waals surface area contributed by atoms with E-state index in [2.05, 4.69) is 29.6 Å². The van der Waals surface area contributed by atoms with Crippen molar-refractivity contribution < 1.29 is 19.1 Å². The molecule has 2 aromatic rings. The van der Waals surface area contributed by atoms with E-state index in [-0.39, 0.29) is 17.4 Å². The number of benzene rings is 2. The predicted molar refractivity (Wildman–Crippen MR) is 152 cm³/mol. The lowest BCUT2D eigenvalue weighted by molar-refractivity contribution is -0.122. The largest absolute Gasteiger partial charge is 0.375 e. The van der Waals surface area contributed by atoms with E-state index in [0.717, 1.165) is 18.5 Å². The van der Waals surface area contributed by atoms with Gasteiger partial charge in [0.25, 0.3) is 0 Å². The van der Waals surface area contributed by atoms with Crippen LogP contribution in [-0.2, 0) is 38.4 Å². The summed E-state index contributed by atoms with van der Waals surface area (Å²) < 4.78 is 11.2. The van der Waals surface area contributed by atoms with E-state index in [4.69, 9.17) is 15.2 Å². The molecule has 0 bridgehead atoms. The molecule has 0 aromatic heterocycles. The van der Waals surface area contributed by atoms with Crippen molar-refractivity contribution in [2.45, 2.75) is 90.0 Å². The van der Waals surface area contributed by atoms with Crippen molar-refractivity contribution >= 4 is 17.5 Å². The number of fused-ring (bicyclic) bond motifs is 2. The lowest BCUT2D eigenvalue weighted by atomic mass is 9.95. The van der Waals surface area contributed by atoms with E-state index < -0.39 is 5.72 Å². The Morgan fingerprint density at radius 3 is 2.29 bits per heavy atom. The van der Waals surface area contributed by atoms with E-state index in [9.17, 15) is 9.59 Å². The molecule has 0 radical (unpaired) electrons. The Hall–Kier alpha value is -2.74. The number of nitrogens with two attached hydrogens (primary N) is 1. The lowest BCUT2D eigenvalue weighted by Crippen LogP contribution is -2.40. The number of carbonyl (C=O) groups excluding carboxylic acids is 2. The summed E-state index contributed by atoms with van der Waals surface area (Å²) in [6.07, 6.45) is 5.37. The molecular formula is C31H45N3O4. The fraction of sp³-hybridized carbons (Fsp3) is 0.548. The number of anilines is 1. The molecule has 1 unspecified atom stereocenters. The minimum Gasteiger partial charge on any atom is -0.375 e. The Labute approximate surface area is 228 Å². The zero-order valence-corrected chi connectivity index (χ0v) is 23.6. The van der Waals surface area contributed by atoms with Crippen molar-refractivity contribution in [1.29, 1.82) is 0 Å². The fourth-order valence-corrected chi connectivity index (χ4v) is 4.68. The van der Waals surface area contributed by atoms with E-state index >= 15 is 0 Å². The number of amides is 2. The molecule has 38 heavy (non-hydrogen) atoms. The molecule has 0 spiro atoms. The van der Waals surface area contributed by atoms with Gasteiger partial charge in [0.05, 0.1) is 18.8 Å². The minimum atomic E-state index is -0.702. The van der Waals surface area contributed by atoms with Crippen molar-refractivity contribution in [3.8, 4) is 0 Å². The number of hydrogen-bond donors (Lipinski definition) is 2. The summed E-state index contributed by atoms with van der Waals surface area (Å²) in [7, 11) is 1.59. The first-order valence-electron chi connectivity index (χ1n) is 13.8. The second kappa shape index (κ2) is 13.9. The summed E-state index contributed by atoms with van der Waals surface area (Å²) in [5.41, 5.74) is 9.62.